The highest BCUT2D eigenvalue weighted by atomic mass is 19.1. The average Bonchev–Trinajstić information content (AvgIpc) is 3.81. The van der Waals surface area contributed by atoms with Gasteiger partial charge >= 0.3 is 0 Å². The van der Waals surface area contributed by atoms with E-state index in [4.69, 9.17) is 0 Å². The Bertz CT molecular complexity index is 3400. The summed E-state index contributed by atoms with van der Waals surface area (Å²) in [7, 11) is 0. The summed E-state index contributed by atoms with van der Waals surface area (Å²) >= 11 is 0. The molecule has 0 atom stereocenters. The average molecular weight is 755 g/mol. The minimum absolute atomic E-state index is 0.236. The predicted octanol–water partition coefficient (Wildman–Crippen LogP) is 15.3. The van der Waals surface area contributed by atoms with Gasteiger partial charge in [0, 0.05) is 44.0 Å². The van der Waals surface area contributed by atoms with Crippen LogP contribution >= 0.6 is 0 Å². The molecule has 0 fully saturated rings. The van der Waals surface area contributed by atoms with Crippen molar-refractivity contribution in [3.63, 3.8) is 0 Å². The summed E-state index contributed by atoms with van der Waals surface area (Å²) in [4.78, 5) is 0. The number of hydrogen-bond donors (Lipinski definition) is 0. The van der Waals surface area contributed by atoms with Crippen LogP contribution in [0.4, 0.5) is 4.39 Å². The minimum atomic E-state index is -0.236. The maximum absolute atomic E-state index is 16.1. The fourth-order valence-electron chi connectivity index (χ4n) is 9.61. The molecule has 0 spiro atoms. The van der Waals surface area contributed by atoms with E-state index < -0.39 is 0 Å². The molecule has 0 radical (unpaired) electrons. The fraction of sp³-hybridized carbons (Fsp3) is 0. The minimum Gasteiger partial charge on any atom is -0.309 e. The van der Waals surface area contributed by atoms with Crippen LogP contribution in [0.2, 0.25) is 0 Å². The molecule has 0 unspecified atom stereocenters. The van der Waals surface area contributed by atoms with Crippen molar-refractivity contribution in [1.29, 1.82) is 0 Å². The summed E-state index contributed by atoms with van der Waals surface area (Å²) in [6.45, 7) is 0. The molecular weight excluding hydrogens is 720 g/mol. The molecule has 2 aromatic heterocycles. The number of fused-ring (bicyclic) bond motifs is 8. The van der Waals surface area contributed by atoms with Crippen molar-refractivity contribution in [2.45, 2.75) is 0 Å². The zero-order valence-corrected chi connectivity index (χ0v) is 32.0. The van der Waals surface area contributed by atoms with E-state index in [2.05, 4.69) is 197 Å². The fourth-order valence-corrected chi connectivity index (χ4v) is 9.61. The summed E-state index contributed by atoms with van der Waals surface area (Å²) in [6, 6.07) is 74.6. The van der Waals surface area contributed by atoms with Gasteiger partial charge in [-0.25, -0.2) is 4.39 Å². The maximum Gasteiger partial charge on any atom is 0.131 e. The van der Waals surface area contributed by atoms with Gasteiger partial charge in [0.2, 0.25) is 0 Å². The van der Waals surface area contributed by atoms with Gasteiger partial charge in [0.15, 0.2) is 0 Å². The highest BCUT2D eigenvalue weighted by molar-refractivity contribution is 6.20. The number of benzene rings is 10. The van der Waals surface area contributed by atoms with Crippen LogP contribution in [-0.4, -0.2) is 9.13 Å². The van der Waals surface area contributed by atoms with Crippen molar-refractivity contribution in [3.8, 4) is 44.8 Å². The number of hydrogen-bond acceptors (Lipinski definition) is 0. The van der Waals surface area contributed by atoms with Crippen molar-refractivity contribution >= 4 is 65.2 Å². The lowest BCUT2D eigenvalue weighted by Crippen LogP contribution is -1.94. The molecule has 3 heteroatoms. The summed E-state index contributed by atoms with van der Waals surface area (Å²) < 4.78 is 20.9. The van der Waals surface area contributed by atoms with E-state index in [-0.39, 0.29) is 5.82 Å². The largest absolute Gasteiger partial charge is 0.309 e. The lowest BCUT2D eigenvalue weighted by atomic mass is 9.86. The van der Waals surface area contributed by atoms with E-state index in [0.29, 0.717) is 5.56 Å². The van der Waals surface area contributed by atoms with Gasteiger partial charge in [-0.1, -0.05) is 152 Å². The molecule has 59 heavy (non-hydrogen) atoms. The Morgan fingerprint density at radius 1 is 0.271 bits per heavy atom. The molecule has 2 heterocycles. The molecule has 12 aromatic rings. The first kappa shape index (κ1) is 33.4. The molecule has 10 aromatic carbocycles. The summed E-state index contributed by atoms with van der Waals surface area (Å²) in [6.07, 6.45) is 0. The molecule has 2 nitrogen and oxygen atoms in total. The Hall–Kier alpha value is -7.75. The van der Waals surface area contributed by atoms with Gasteiger partial charge in [0.25, 0.3) is 0 Å². The Morgan fingerprint density at radius 3 is 1.19 bits per heavy atom. The second kappa shape index (κ2) is 13.2. The third-order valence-electron chi connectivity index (χ3n) is 12.2. The summed E-state index contributed by atoms with van der Waals surface area (Å²) in [5, 5.41) is 9.03. The molecular formula is C56H35FN2. The van der Waals surface area contributed by atoms with Gasteiger partial charge in [-0.3, -0.25) is 0 Å². The Balaban J connectivity index is 1.15. The van der Waals surface area contributed by atoms with Gasteiger partial charge in [-0.2, -0.15) is 0 Å². The van der Waals surface area contributed by atoms with Gasteiger partial charge in [0.1, 0.15) is 5.82 Å². The number of para-hydroxylation sites is 4. The van der Waals surface area contributed by atoms with Crippen molar-refractivity contribution in [2.24, 2.45) is 0 Å². The lowest BCUT2D eigenvalue weighted by Gasteiger charge is -2.18. The molecule has 12 rings (SSSR count). The summed E-state index contributed by atoms with van der Waals surface area (Å²) in [5.74, 6) is -0.236. The lowest BCUT2D eigenvalue weighted by molar-refractivity contribution is 0.631. The van der Waals surface area contributed by atoms with E-state index in [0.717, 1.165) is 71.8 Å². The Morgan fingerprint density at radius 2 is 0.678 bits per heavy atom. The van der Waals surface area contributed by atoms with Crippen LogP contribution in [0.15, 0.2) is 212 Å². The third kappa shape index (κ3) is 5.11. The quantitative estimate of drug-likeness (QED) is 0.155. The molecule has 0 amide bonds. The van der Waals surface area contributed by atoms with Crippen LogP contribution in [0.5, 0.6) is 0 Å². The molecule has 0 aliphatic heterocycles. The Labute approximate surface area is 340 Å². The monoisotopic (exact) mass is 754 g/mol. The molecule has 276 valence electrons. The van der Waals surface area contributed by atoms with Crippen molar-refractivity contribution < 1.29 is 4.39 Å². The SMILES string of the molecule is Fc1ccccc1-c1c2cccc(-c3ccc4c5ccccc5n(-c5ccccc5)c4c3)c2cc2c(-c3ccc4c5ccccc5n(-c5ccccc5)c4c3)cccc12. The first-order chi connectivity index (χ1) is 29.2. The van der Waals surface area contributed by atoms with Crippen molar-refractivity contribution in [1.82, 2.24) is 9.13 Å². The summed E-state index contributed by atoms with van der Waals surface area (Å²) in [5.41, 5.74) is 12.8. The molecule has 0 aliphatic carbocycles. The Kier molecular flexibility index (Phi) is 7.45. The molecule has 0 saturated carbocycles. The zero-order chi connectivity index (χ0) is 39.0. The van der Waals surface area contributed by atoms with E-state index in [9.17, 15) is 0 Å². The number of rotatable bonds is 5. The molecule has 0 bridgehead atoms. The highest BCUT2D eigenvalue weighted by Gasteiger charge is 2.20. The predicted molar refractivity (Wildman–Crippen MR) is 246 cm³/mol. The standard InChI is InChI=1S/C56H35FN2/c57-51-26-10-7-21-48(51)56-46-24-13-22-40(36-29-31-44-42-19-8-11-27-52(42)58(54(44)33-36)38-15-3-1-4-16-38)49(46)35-50-41(23-14-25-47(50)56)37-30-32-45-43-20-9-12-28-53(43)59(55(45)34-37)39-17-5-2-6-18-39/h1-35H. The van der Waals surface area contributed by atoms with Crippen molar-refractivity contribution in [3.05, 3.63) is 218 Å². The normalized spacial score (nSPS) is 11.8. The van der Waals surface area contributed by atoms with Gasteiger partial charge in [-0.15, -0.1) is 0 Å². The second-order valence-corrected chi connectivity index (χ2v) is 15.4. The number of halogens is 1. The van der Waals surface area contributed by atoms with Crippen LogP contribution in [0.3, 0.4) is 0 Å². The molecule has 0 N–H and O–H groups in total. The third-order valence-corrected chi connectivity index (χ3v) is 12.2. The topological polar surface area (TPSA) is 9.86 Å². The van der Waals surface area contributed by atoms with E-state index in [1.165, 1.54) is 32.6 Å². The molecule has 0 aliphatic rings. The molecule has 0 saturated heterocycles. The number of nitrogens with zero attached hydrogens (tertiary/aromatic N) is 2. The first-order valence-corrected chi connectivity index (χ1v) is 20.1. The van der Waals surface area contributed by atoms with Crippen LogP contribution in [0.25, 0.3) is 110 Å². The van der Waals surface area contributed by atoms with E-state index >= 15 is 4.39 Å². The second-order valence-electron chi connectivity index (χ2n) is 15.4. The van der Waals surface area contributed by atoms with Crippen LogP contribution < -0.4 is 0 Å². The number of aromatic nitrogens is 2. The van der Waals surface area contributed by atoms with E-state index in [1.54, 1.807) is 12.1 Å². The van der Waals surface area contributed by atoms with Crippen LogP contribution in [0.1, 0.15) is 0 Å². The van der Waals surface area contributed by atoms with Gasteiger partial charge < -0.3 is 9.13 Å². The van der Waals surface area contributed by atoms with Crippen LogP contribution in [0, 0.1) is 5.82 Å². The maximum atomic E-state index is 16.1. The smallest absolute Gasteiger partial charge is 0.131 e. The van der Waals surface area contributed by atoms with Crippen molar-refractivity contribution in [2.75, 3.05) is 0 Å². The first-order valence-electron chi connectivity index (χ1n) is 20.1. The van der Waals surface area contributed by atoms with E-state index in [1.807, 2.05) is 12.1 Å². The zero-order valence-electron chi connectivity index (χ0n) is 32.0. The highest BCUT2D eigenvalue weighted by Crippen LogP contribution is 2.45. The van der Waals surface area contributed by atoms with Gasteiger partial charge in [0.05, 0.1) is 22.1 Å². The van der Waals surface area contributed by atoms with Crippen LogP contribution in [-0.2, 0) is 0 Å². The van der Waals surface area contributed by atoms with Gasteiger partial charge in [-0.05, 0) is 104 Å².